The molecule has 2 aliphatic heterocycles. The molecule has 0 aliphatic carbocycles. The van der Waals surface area contributed by atoms with Gasteiger partial charge in [-0.05, 0) is 116 Å². The first-order valence-corrected chi connectivity index (χ1v) is 17.6. The molecular weight excluding hydrogens is 835 g/mol. The third-order valence-electron chi connectivity index (χ3n) is 7.64. The van der Waals surface area contributed by atoms with E-state index in [9.17, 15) is 4.79 Å². The average Bonchev–Trinajstić information content (AvgIpc) is 3.37. The van der Waals surface area contributed by atoms with E-state index in [4.69, 9.17) is 23.7 Å². The number of benzene rings is 1. The minimum absolute atomic E-state index is 0.102. The number of ether oxygens (including phenoxy) is 5. The van der Waals surface area contributed by atoms with Gasteiger partial charge in [-0.25, -0.2) is 4.79 Å². The number of halogens is 4. The molecule has 1 aromatic carbocycles. The fraction of sp³-hybridized carbons (Fsp3) is 0.471. The first-order valence-electron chi connectivity index (χ1n) is 15.4. The second-order valence-corrected chi connectivity index (χ2v) is 14.4. The Morgan fingerprint density at radius 3 is 2.09 bits per heavy atom. The first kappa shape index (κ1) is 37.7. The molecule has 2 aliphatic rings. The van der Waals surface area contributed by atoms with Crippen molar-refractivity contribution in [3.63, 3.8) is 0 Å². The first-order chi connectivity index (χ1) is 22.2. The maximum Gasteiger partial charge on any atom is 0.737 e. The van der Waals surface area contributed by atoms with Gasteiger partial charge >= 0.3 is 12.9 Å². The molecule has 0 atom stereocenters. The molecule has 8 nitrogen and oxygen atoms in total. The summed E-state index contributed by atoms with van der Waals surface area (Å²) in [4.78, 5) is 11.6. The number of allylic oxidation sites excluding steroid dienone is 2. The van der Waals surface area contributed by atoms with Crippen LogP contribution in [0.2, 0.25) is 0 Å². The topological polar surface area (TPSA) is 71.2 Å². The molecule has 0 unspecified atom stereocenters. The van der Waals surface area contributed by atoms with Gasteiger partial charge in [-0.3, -0.25) is 0 Å². The smallest absolute Gasteiger partial charge is 0.458 e. The molecule has 2 aromatic rings. The van der Waals surface area contributed by atoms with E-state index in [1.807, 2.05) is 38.1 Å². The summed E-state index contributed by atoms with van der Waals surface area (Å²) in [5, 5.41) is 0. The molecule has 0 fully saturated rings. The van der Waals surface area contributed by atoms with Crippen LogP contribution >= 0.6 is 45.2 Å². The van der Waals surface area contributed by atoms with E-state index in [-0.39, 0.29) is 13.2 Å². The van der Waals surface area contributed by atoms with Crippen LogP contribution in [-0.2, 0) is 28.5 Å². The lowest BCUT2D eigenvalue weighted by atomic mass is 9.83. The lowest BCUT2D eigenvalue weighted by Crippen LogP contribution is -2.51. The summed E-state index contributed by atoms with van der Waals surface area (Å²) in [6, 6.07) is 7.75. The predicted molar refractivity (Wildman–Crippen MR) is 196 cm³/mol. The van der Waals surface area contributed by atoms with Crippen molar-refractivity contribution in [1.82, 2.24) is 4.48 Å². The normalized spacial score (nSPS) is 15.6. The van der Waals surface area contributed by atoms with Gasteiger partial charge in [-0.2, -0.15) is 0 Å². The maximum atomic E-state index is 16.2. The van der Waals surface area contributed by atoms with Crippen molar-refractivity contribution < 1.29 is 41.6 Å². The Bertz CT molecular complexity index is 1660. The summed E-state index contributed by atoms with van der Waals surface area (Å²) in [6.07, 6.45) is 0. The molecule has 0 bridgehead atoms. The van der Waals surface area contributed by atoms with Crippen LogP contribution in [0, 0.1) is 29.3 Å². The van der Waals surface area contributed by atoms with Crippen molar-refractivity contribution in [3.8, 4) is 11.8 Å². The van der Waals surface area contributed by atoms with Gasteiger partial charge in [0.1, 0.15) is 24.5 Å². The van der Waals surface area contributed by atoms with E-state index in [0.29, 0.717) is 62.4 Å². The van der Waals surface area contributed by atoms with E-state index in [2.05, 4.69) is 57.0 Å². The maximum absolute atomic E-state index is 16.2. The Balaban J connectivity index is 1.25. The van der Waals surface area contributed by atoms with Gasteiger partial charge in [-0.15, -0.1) is 0 Å². The van der Waals surface area contributed by atoms with Crippen LogP contribution in [-0.4, -0.2) is 86.1 Å². The number of hydrogen-bond donors (Lipinski definition) is 0. The van der Waals surface area contributed by atoms with Gasteiger partial charge < -0.3 is 41.3 Å². The number of esters is 1. The van der Waals surface area contributed by atoms with E-state index in [1.165, 1.54) is 8.96 Å². The van der Waals surface area contributed by atoms with Crippen molar-refractivity contribution in [2.45, 2.75) is 54.1 Å². The number of rotatable bonds is 13. The second kappa shape index (κ2) is 16.1. The Kier molecular flexibility index (Phi) is 12.9. The third-order valence-corrected chi connectivity index (χ3v) is 10.8. The van der Waals surface area contributed by atoms with E-state index in [1.54, 1.807) is 34.6 Å². The third kappa shape index (κ3) is 8.74. The number of carbonyl (C=O) groups excluding carboxylic acids is 1. The molecular formula is C34H41BF2I2N2O6. The Morgan fingerprint density at radius 2 is 1.49 bits per heavy atom. The number of carbonyl (C=O) groups is 1. The Labute approximate surface area is 303 Å². The molecule has 0 spiro atoms. The lowest BCUT2D eigenvalue weighted by molar-refractivity contribution is -0.363. The standard InChI is InChI=1S/C34H41BF2I2N2O6/c1-22-30(38)24(3)40-32(22)29(33-23(2)31(39)25(4)41(33)35(40,36)37)27-12-10-26(11-13-27)9-8-14-43-15-16-44-17-18-45-19-20-46-21-28(42)47-34(5,6)7/h10-13H,14-21H2,1-7H3. The minimum Gasteiger partial charge on any atom is -0.458 e. The van der Waals surface area contributed by atoms with Gasteiger partial charge in [0.15, 0.2) is 5.70 Å². The summed E-state index contributed by atoms with van der Waals surface area (Å²) in [5.41, 5.74) is 5.98. The molecule has 0 N–H and O–H groups in total. The molecule has 254 valence electrons. The molecule has 3 heterocycles. The van der Waals surface area contributed by atoms with Crippen molar-refractivity contribution in [3.05, 3.63) is 70.8 Å². The SMILES string of the molecule is CC1=C(I)C(C)=[N+]2C1=C(c1ccc(C#CCOCCOCCOCCOCC(=O)OC(C)(C)C)cc1)c1c(C)c(I)c(C)n1[B-]2(F)F. The van der Waals surface area contributed by atoms with Crippen molar-refractivity contribution in [2.75, 3.05) is 52.9 Å². The number of aromatic nitrogens is 1. The fourth-order valence-electron chi connectivity index (χ4n) is 5.62. The van der Waals surface area contributed by atoms with Crippen molar-refractivity contribution in [2.24, 2.45) is 0 Å². The van der Waals surface area contributed by atoms with E-state index >= 15 is 8.63 Å². The molecule has 1 aromatic heterocycles. The Hall–Kier alpha value is -2.10. The van der Waals surface area contributed by atoms with Gasteiger partial charge in [0.05, 0.1) is 48.8 Å². The van der Waals surface area contributed by atoms with Gasteiger partial charge in [0.25, 0.3) is 0 Å². The minimum atomic E-state index is -4.05. The Morgan fingerprint density at radius 1 is 0.915 bits per heavy atom. The summed E-state index contributed by atoms with van der Waals surface area (Å²) in [6.45, 7) is 11.2. The average molecular weight is 876 g/mol. The van der Waals surface area contributed by atoms with Crippen molar-refractivity contribution in [1.29, 1.82) is 0 Å². The highest BCUT2D eigenvalue weighted by atomic mass is 127. The largest absolute Gasteiger partial charge is 0.737 e. The number of hydrogen-bond acceptors (Lipinski definition) is 6. The molecule has 0 saturated heterocycles. The van der Waals surface area contributed by atoms with Crippen LogP contribution in [0.4, 0.5) is 8.63 Å². The zero-order valence-electron chi connectivity index (χ0n) is 27.9. The van der Waals surface area contributed by atoms with Gasteiger partial charge in [-0.1, -0.05) is 24.0 Å². The van der Waals surface area contributed by atoms with Crippen LogP contribution in [0.1, 0.15) is 62.7 Å². The summed E-state index contributed by atoms with van der Waals surface area (Å²) in [5.74, 6) is 5.73. The number of nitrogens with zero attached hydrogens (tertiary/aromatic N) is 2. The fourth-order valence-corrected chi connectivity index (χ4v) is 6.65. The van der Waals surface area contributed by atoms with E-state index in [0.717, 1.165) is 35.0 Å². The van der Waals surface area contributed by atoms with Gasteiger partial charge in [0.2, 0.25) is 0 Å². The highest BCUT2D eigenvalue weighted by molar-refractivity contribution is 14.1. The molecule has 0 amide bonds. The zero-order chi connectivity index (χ0) is 34.5. The van der Waals surface area contributed by atoms with Crippen LogP contribution in [0.25, 0.3) is 5.57 Å². The molecule has 47 heavy (non-hydrogen) atoms. The van der Waals surface area contributed by atoms with Crippen molar-refractivity contribution >= 4 is 69.4 Å². The van der Waals surface area contributed by atoms with Crippen LogP contribution in [0.3, 0.4) is 0 Å². The predicted octanol–water partition coefficient (Wildman–Crippen LogP) is 6.66. The summed E-state index contributed by atoms with van der Waals surface area (Å²) < 4.78 is 63.4. The van der Waals surface area contributed by atoms with Gasteiger partial charge in [0, 0.05) is 27.3 Å². The van der Waals surface area contributed by atoms with E-state index < -0.39 is 18.5 Å². The molecule has 0 saturated carbocycles. The summed E-state index contributed by atoms with van der Waals surface area (Å²) in [7, 11) is 0. The zero-order valence-corrected chi connectivity index (χ0v) is 32.2. The highest BCUT2D eigenvalue weighted by Gasteiger charge is 2.56. The molecule has 0 radical (unpaired) electrons. The molecule has 13 heteroatoms. The van der Waals surface area contributed by atoms with Crippen LogP contribution in [0.15, 0.2) is 39.1 Å². The van der Waals surface area contributed by atoms with Crippen LogP contribution < -0.4 is 0 Å². The monoisotopic (exact) mass is 876 g/mol. The van der Waals surface area contributed by atoms with Crippen LogP contribution in [0.5, 0.6) is 0 Å². The molecule has 4 rings (SSSR count). The quantitative estimate of drug-likeness (QED) is 0.0738. The number of fused-ring (bicyclic) bond motifs is 2. The second-order valence-electron chi connectivity index (χ2n) is 12.2. The summed E-state index contributed by atoms with van der Waals surface area (Å²) >= 11 is 4.35. The highest BCUT2D eigenvalue weighted by Crippen LogP contribution is 2.47. The lowest BCUT2D eigenvalue weighted by Gasteiger charge is -2.33.